The van der Waals surface area contributed by atoms with Crippen LogP contribution in [0.5, 0.6) is 0 Å². The maximum Gasteiger partial charge on any atom is 0.480 e. The molecule has 1 saturated heterocycles. The van der Waals surface area contributed by atoms with Crippen LogP contribution >= 0.6 is 0 Å². The molecule has 6 nitrogen and oxygen atoms in total. The molecule has 0 N–H and O–H groups in total. The zero-order valence-electron chi connectivity index (χ0n) is 14.8. The number of benzene rings is 1. The van der Waals surface area contributed by atoms with Gasteiger partial charge in [0, 0.05) is 18.4 Å². The molecule has 15 heteroatoms. The van der Waals surface area contributed by atoms with Crippen molar-refractivity contribution < 1.29 is 52.1 Å². The molecule has 1 heterocycles. The van der Waals surface area contributed by atoms with Gasteiger partial charge in [-0.2, -0.15) is 26.3 Å². The number of sulfonamides is 2. The fraction of sp³-hybridized carbons (Fsp3) is 0.571. The Labute approximate surface area is 163 Å². The van der Waals surface area contributed by atoms with Crippen LogP contribution in [-0.2, 0) is 26.6 Å². The van der Waals surface area contributed by atoms with E-state index in [1.165, 1.54) is 25.9 Å². The van der Waals surface area contributed by atoms with Crippen LogP contribution < -0.4 is 0 Å². The smallest absolute Gasteiger partial charge is 0.421 e. The fourth-order valence-corrected chi connectivity index (χ4v) is 4.22. The summed E-state index contributed by atoms with van der Waals surface area (Å²) in [7, 11) is -11.2. The number of nitrogens with zero attached hydrogens (tertiary/aromatic N) is 2. The van der Waals surface area contributed by atoms with Gasteiger partial charge < -0.3 is 8.61 Å². The predicted octanol–water partition coefficient (Wildman–Crippen LogP) is 3.63. The Bertz CT molecular complexity index is 865. The third-order valence-electron chi connectivity index (χ3n) is 3.94. The SMILES string of the molecule is C[N+]1(Cc2ccccc2F)CCCC1.O=S(=O)([N-]S(=O)(=O)C(F)(F)F)C(F)(F)F. The first kappa shape index (κ1) is 25.6. The van der Waals surface area contributed by atoms with E-state index in [1.807, 2.05) is 12.1 Å². The quantitative estimate of drug-likeness (QED) is 0.493. The van der Waals surface area contributed by atoms with Gasteiger partial charge in [-0.05, 0) is 6.07 Å². The number of hydrogen-bond acceptors (Lipinski definition) is 4. The number of halogens is 7. The van der Waals surface area contributed by atoms with Crippen molar-refractivity contribution in [2.75, 3.05) is 20.1 Å². The van der Waals surface area contributed by atoms with E-state index in [-0.39, 0.29) is 5.82 Å². The minimum atomic E-state index is -6.72. The summed E-state index contributed by atoms with van der Waals surface area (Å²) >= 11 is 0. The molecule has 0 atom stereocenters. The molecule has 0 aliphatic carbocycles. The third-order valence-corrected chi connectivity index (χ3v) is 6.68. The molecule has 29 heavy (non-hydrogen) atoms. The first-order valence-electron chi connectivity index (χ1n) is 7.84. The second-order valence-electron chi connectivity index (χ2n) is 6.44. The van der Waals surface area contributed by atoms with Gasteiger partial charge in [0.25, 0.3) is 0 Å². The minimum Gasteiger partial charge on any atom is -0.421 e. The number of hydrogen-bond donors (Lipinski definition) is 0. The zero-order chi connectivity index (χ0) is 22.7. The predicted molar refractivity (Wildman–Crippen MR) is 88.6 cm³/mol. The monoisotopic (exact) mass is 474 g/mol. The van der Waals surface area contributed by atoms with Crippen LogP contribution in [0.15, 0.2) is 24.3 Å². The van der Waals surface area contributed by atoms with Gasteiger partial charge in [0.15, 0.2) is 20.0 Å². The van der Waals surface area contributed by atoms with Crippen molar-refractivity contribution in [1.82, 2.24) is 0 Å². The van der Waals surface area contributed by atoms with Crippen molar-refractivity contribution in [3.05, 3.63) is 39.8 Å². The van der Waals surface area contributed by atoms with Crippen LogP contribution in [0, 0.1) is 5.82 Å². The highest BCUT2D eigenvalue weighted by molar-refractivity contribution is 8.13. The summed E-state index contributed by atoms with van der Waals surface area (Å²) in [5.74, 6) is -0.0567. The highest BCUT2D eigenvalue weighted by Gasteiger charge is 2.46. The van der Waals surface area contributed by atoms with Crippen LogP contribution in [-0.4, -0.2) is 52.5 Å². The number of quaternary nitrogens is 1. The Morgan fingerprint density at radius 1 is 0.897 bits per heavy atom. The molecule has 0 spiro atoms. The van der Waals surface area contributed by atoms with Crippen molar-refractivity contribution in [2.45, 2.75) is 30.4 Å². The lowest BCUT2D eigenvalue weighted by molar-refractivity contribution is -0.911. The van der Waals surface area contributed by atoms with Gasteiger partial charge in [-0.1, -0.05) is 18.2 Å². The molecule has 0 unspecified atom stereocenters. The van der Waals surface area contributed by atoms with Crippen molar-refractivity contribution >= 4 is 20.0 Å². The molecular weight excluding hydrogens is 457 g/mol. The summed E-state index contributed by atoms with van der Waals surface area (Å²) in [6, 6.07) is 7.12. The van der Waals surface area contributed by atoms with E-state index in [0.29, 0.717) is 0 Å². The van der Waals surface area contributed by atoms with Gasteiger partial charge in [-0.3, -0.25) is 0 Å². The van der Waals surface area contributed by atoms with E-state index in [0.717, 1.165) is 20.7 Å². The molecule has 1 aromatic carbocycles. The molecule has 1 aromatic rings. The minimum absolute atomic E-state index is 0.0567. The van der Waals surface area contributed by atoms with Crippen LogP contribution in [0.4, 0.5) is 30.7 Å². The van der Waals surface area contributed by atoms with Gasteiger partial charge in [0.1, 0.15) is 12.4 Å². The molecular formula is C14H17F7N2O4S2. The normalized spacial score (nSPS) is 17.5. The van der Waals surface area contributed by atoms with E-state index in [9.17, 15) is 47.6 Å². The summed E-state index contributed by atoms with van der Waals surface area (Å²) in [6.45, 7) is 3.22. The van der Waals surface area contributed by atoms with Gasteiger partial charge in [0.05, 0.1) is 20.1 Å². The van der Waals surface area contributed by atoms with Crippen molar-refractivity contribution in [3.8, 4) is 0 Å². The maximum atomic E-state index is 13.4. The largest absolute Gasteiger partial charge is 0.480 e. The van der Waals surface area contributed by atoms with Crippen LogP contribution in [0.3, 0.4) is 0 Å². The third kappa shape index (κ3) is 7.08. The molecule has 1 fully saturated rings. The van der Waals surface area contributed by atoms with Crippen molar-refractivity contribution in [1.29, 1.82) is 0 Å². The molecule has 1 aliphatic heterocycles. The molecule has 0 aromatic heterocycles. The lowest BCUT2D eigenvalue weighted by atomic mass is 10.2. The van der Waals surface area contributed by atoms with Gasteiger partial charge in [-0.25, -0.2) is 21.2 Å². The Kier molecular flexibility index (Phi) is 7.70. The average Bonchev–Trinajstić information content (AvgIpc) is 2.93. The van der Waals surface area contributed by atoms with Crippen LogP contribution in [0.25, 0.3) is 4.13 Å². The van der Waals surface area contributed by atoms with Gasteiger partial charge >= 0.3 is 11.0 Å². The summed E-state index contributed by atoms with van der Waals surface area (Å²) < 4.78 is 124. The average molecular weight is 474 g/mol. The topological polar surface area (TPSA) is 82.4 Å². The highest BCUT2D eigenvalue weighted by Crippen LogP contribution is 2.36. The summed E-state index contributed by atoms with van der Waals surface area (Å²) in [4.78, 5) is 0. The van der Waals surface area contributed by atoms with Gasteiger partial charge in [0.2, 0.25) is 0 Å². The van der Waals surface area contributed by atoms with Crippen LogP contribution in [0.2, 0.25) is 0 Å². The first-order chi connectivity index (χ1) is 12.9. The van der Waals surface area contributed by atoms with E-state index < -0.39 is 31.1 Å². The lowest BCUT2D eigenvalue weighted by Gasteiger charge is -2.29. The molecule has 0 radical (unpaired) electrons. The van der Waals surface area contributed by atoms with Crippen molar-refractivity contribution in [3.63, 3.8) is 0 Å². The molecule has 0 bridgehead atoms. The summed E-state index contributed by atoms with van der Waals surface area (Å²) in [5.41, 5.74) is -11.5. The summed E-state index contributed by atoms with van der Waals surface area (Å²) in [6.07, 6.45) is 2.57. The Hall–Kier alpha value is -1.45. The maximum absolute atomic E-state index is 13.4. The second-order valence-corrected chi connectivity index (χ2v) is 9.86. The van der Waals surface area contributed by atoms with Gasteiger partial charge in [-0.15, -0.1) is 0 Å². The Morgan fingerprint density at radius 3 is 1.69 bits per heavy atom. The molecule has 1 aliphatic rings. The second kappa shape index (κ2) is 8.73. The highest BCUT2D eigenvalue weighted by atomic mass is 32.3. The molecule has 2 rings (SSSR count). The molecule has 0 saturated carbocycles. The standard InChI is InChI=1S/C12H17FN.C2F6NO4S2/c1-14(8-4-5-9-14)10-11-6-2-3-7-12(11)13;3-1(4,5)14(10,11)9-15(12,13)2(6,7)8/h2-3,6-7H,4-5,8-10H2,1H3;/q+1;-1. The number of rotatable bonds is 4. The fourth-order valence-electron chi connectivity index (χ4n) is 2.51. The Balaban J connectivity index is 0.000000290. The molecule has 168 valence electrons. The van der Waals surface area contributed by atoms with Crippen LogP contribution in [0.1, 0.15) is 18.4 Å². The Morgan fingerprint density at radius 2 is 1.31 bits per heavy atom. The van der Waals surface area contributed by atoms with Crippen molar-refractivity contribution in [2.24, 2.45) is 0 Å². The van der Waals surface area contributed by atoms with E-state index in [4.69, 9.17) is 0 Å². The lowest BCUT2D eigenvalue weighted by Crippen LogP contribution is -2.40. The first-order valence-corrected chi connectivity index (χ1v) is 10.7. The van der Waals surface area contributed by atoms with E-state index >= 15 is 0 Å². The number of alkyl halides is 6. The number of likely N-dealkylation sites (tertiary alicyclic amines) is 1. The summed E-state index contributed by atoms with van der Waals surface area (Å²) in [5, 5.41) is 0. The van der Waals surface area contributed by atoms with E-state index in [1.54, 1.807) is 12.1 Å². The van der Waals surface area contributed by atoms with E-state index in [2.05, 4.69) is 7.05 Å². The molecule has 0 amide bonds. The zero-order valence-corrected chi connectivity index (χ0v) is 16.5.